The number of alkyl halides is 2. The molecule has 35 heavy (non-hydrogen) atoms. The Bertz CT molecular complexity index is 1370. The van der Waals surface area contributed by atoms with Crippen LogP contribution < -0.4 is 0 Å². The van der Waals surface area contributed by atoms with Gasteiger partial charge in [0, 0.05) is 36.6 Å². The topological polar surface area (TPSA) is 67.9 Å². The van der Waals surface area contributed by atoms with Crippen molar-refractivity contribution in [2.24, 2.45) is 0 Å². The minimum absolute atomic E-state index is 0.0189. The zero-order valence-corrected chi connectivity index (χ0v) is 21.7. The smallest absolute Gasteiger partial charge is 0.303 e. The molecule has 5 atom stereocenters. The summed E-state index contributed by atoms with van der Waals surface area (Å²) in [7, 11) is 0. The third-order valence-corrected chi connectivity index (χ3v) is 8.65. The van der Waals surface area contributed by atoms with E-state index in [9.17, 15) is 18.8 Å². The summed E-state index contributed by atoms with van der Waals surface area (Å²) in [6, 6.07) is 9.85. The minimum atomic E-state index is -1.45. The summed E-state index contributed by atoms with van der Waals surface area (Å²) in [5.41, 5.74) is 4.22. The number of halogens is 4. The summed E-state index contributed by atoms with van der Waals surface area (Å²) in [5.74, 6) is -1.65. The third kappa shape index (κ3) is 4.15. The van der Waals surface area contributed by atoms with Gasteiger partial charge in [0.25, 0.3) is 0 Å². The number of nitrogens with zero attached hydrogens (tertiary/aromatic N) is 3. The van der Waals surface area contributed by atoms with Gasteiger partial charge in [0.1, 0.15) is 18.2 Å². The van der Waals surface area contributed by atoms with E-state index < -0.39 is 36.2 Å². The molecule has 0 N–H and O–H groups in total. The predicted octanol–water partition coefficient (Wildman–Crippen LogP) is 6.79. The summed E-state index contributed by atoms with van der Waals surface area (Å²) in [6.07, 6.45) is -1.37. The summed E-state index contributed by atoms with van der Waals surface area (Å²) < 4.78 is 51.6. The van der Waals surface area contributed by atoms with E-state index in [1.165, 1.54) is 6.92 Å². The molecule has 0 aliphatic heterocycles. The predicted molar refractivity (Wildman–Crippen MR) is 135 cm³/mol. The van der Waals surface area contributed by atoms with Crippen LogP contribution >= 0.6 is 28.4 Å². The standard InChI is InChI=1S/C25H20F3IN3O2P/c1-12(33)34-25-21(28)10-18-15(2-3-17(24(18)25)22-6-7-31-32(22)35-29)16-4-5-20(27)19-9-14(26)8-13(11-30)23(16)19/h2-3,6-9,16,20-21,25,35H,4-5,10H2,1H3/t16-,20+,21-,25-/m1/s1. The van der Waals surface area contributed by atoms with Crippen LogP contribution in [-0.2, 0) is 16.0 Å². The van der Waals surface area contributed by atoms with E-state index in [0.717, 1.165) is 29.0 Å². The van der Waals surface area contributed by atoms with Crippen molar-refractivity contribution < 1.29 is 22.7 Å². The van der Waals surface area contributed by atoms with E-state index in [0.29, 0.717) is 29.5 Å². The monoisotopic (exact) mass is 609 g/mol. The number of fused-ring (bicyclic) bond motifs is 2. The molecule has 1 unspecified atom stereocenters. The van der Waals surface area contributed by atoms with E-state index in [2.05, 4.69) is 27.1 Å². The lowest BCUT2D eigenvalue weighted by Gasteiger charge is -2.31. The van der Waals surface area contributed by atoms with Gasteiger partial charge in [-0.2, -0.15) is 10.4 Å². The number of carbonyl (C=O) groups excluding carboxylic acids is 1. The number of esters is 1. The van der Waals surface area contributed by atoms with Gasteiger partial charge in [-0.1, -0.05) is 12.1 Å². The van der Waals surface area contributed by atoms with Crippen molar-refractivity contribution in [2.45, 2.75) is 50.6 Å². The molecule has 0 radical (unpaired) electrons. The molecule has 2 aliphatic carbocycles. The van der Waals surface area contributed by atoms with Crippen molar-refractivity contribution in [2.75, 3.05) is 0 Å². The Labute approximate surface area is 215 Å². The van der Waals surface area contributed by atoms with Gasteiger partial charge in [0.15, 0.2) is 6.10 Å². The SMILES string of the molecule is CC(=O)O[C@H]1c2c(-c3ccnn3PI)ccc([C@H]3CC[C@H](F)c4cc(F)cc(C#N)c43)c2C[C@H]1F. The van der Waals surface area contributed by atoms with E-state index in [1.807, 2.05) is 24.3 Å². The Kier molecular flexibility index (Phi) is 6.62. The summed E-state index contributed by atoms with van der Waals surface area (Å²) >= 11 is 2.21. The summed E-state index contributed by atoms with van der Waals surface area (Å²) in [5, 5.41) is 14.0. The van der Waals surface area contributed by atoms with Crippen molar-refractivity contribution in [1.29, 1.82) is 5.26 Å². The number of carbonyl (C=O) groups is 1. The first-order valence-corrected chi connectivity index (χ1v) is 15.2. The fourth-order valence-electron chi connectivity index (χ4n) is 5.46. The van der Waals surface area contributed by atoms with Gasteiger partial charge in [0.2, 0.25) is 0 Å². The molecule has 3 aromatic rings. The fraction of sp³-hybridized carbons (Fsp3) is 0.320. The maximum atomic E-state index is 15.4. The minimum Gasteiger partial charge on any atom is -0.454 e. The van der Waals surface area contributed by atoms with Crippen molar-refractivity contribution in [1.82, 2.24) is 9.55 Å². The first-order chi connectivity index (χ1) is 16.8. The lowest BCUT2D eigenvalue weighted by atomic mass is 9.74. The second kappa shape index (κ2) is 9.55. The third-order valence-electron chi connectivity index (χ3n) is 6.76. The van der Waals surface area contributed by atoms with Crippen LogP contribution in [0.2, 0.25) is 0 Å². The number of hydrogen-bond acceptors (Lipinski definition) is 4. The first-order valence-electron chi connectivity index (χ1n) is 11.1. The Morgan fingerprint density at radius 2 is 2.03 bits per heavy atom. The van der Waals surface area contributed by atoms with Crippen LogP contribution in [0, 0.1) is 17.1 Å². The molecule has 0 saturated carbocycles. The molecule has 2 aliphatic rings. The van der Waals surface area contributed by atoms with E-state index in [1.54, 1.807) is 10.6 Å². The molecular weight excluding hydrogens is 589 g/mol. The summed E-state index contributed by atoms with van der Waals surface area (Å²) in [4.78, 5) is 11.9. The average Bonchev–Trinajstić information content (AvgIpc) is 3.43. The number of ether oxygens (including phenoxy) is 1. The molecule has 2 aromatic carbocycles. The second-order valence-electron chi connectivity index (χ2n) is 8.72. The van der Waals surface area contributed by atoms with Crippen LogP contribution in [0.1, 0.15) is 71.3 Å². The lowest BCUT2D eigenvalue weighted by Crippen LogP contribution is -2.17. The Morgan fingerprint density at radius 1 is 1.23 bits per heavy atom. The Balaban J connectivity index is 1.74. The first kappa shape index (κ1) is 24.3. The zero-order valence-electron chi connectivity index (χ0n) is 18.6. The molecule has 5 rings (SSSR count). The molecule has 0 fully saturated rings. The number of benzene rings is 2. The maximum absolute atomic E-state index is 15.4. The highest BCUT2D eigenvalue weighted by Gasteiger charge is 2.42. The number of hydrogen-bond donors (Lipinski definition) is 0. The lowest BCUT2D eigenvalue weighted by molar-refractivity contribution is -0.149. The van der Waals surface area contributed by atoms with Gasteiger partial charge in [-0.25, -0.2) is 17.6 Å². The average molecular weight is 609 g/mol. The van der Waals surface area contributed by atoms with Crippen LogP contribution in [0.4, 0.5) is 13.2 Å². The Morgan fingerprint density at radius 3 is 2.74 bits per heavy atom. The van der Waals surface area contributed by atoms with Gasteiger partial charge < -0.3 is 4.74 Å². The number of nitriles is 1. The van der Waals surface area contributed by atoms with Gasteiger partial charge in [-0.3, -0.25) is 4.79 Å². The van der Waals surface area contributed by atoms with E-state index in [-0.39, 0.29) is 24.0 Å². The largest absolute Gasteiger partial charge is 0.454 e. The van der Waals surface area contributed by atoms with Crippen molar-refractivity contribution in [3.63, 3.8) is 0 Å². The molecule has 1 aromatic heterocycles. The molecule has 5 nitrogen and oxygen atoms in total. The molecular formula is C25H20F3IN3O2P. The molecule has 0 amide bonds. The highest BCUT2D eigenvalue weighted by atomic mass is 127. The molecule has 0 bridgehead atoms. The molecule has 180 valence electrons. The molecule has 1 heterocycles. The van der Waals surface area contributed by atoms with Gasteiger partial charge in [0.05, 0.1) is 23.7 Å². The van der Waals surface area contributed by atoms with Gasteiger partial charge in [-0.05, 0) is 75.3 Å². The van der Waals surface area contributed by atoms with Crippen LogP contribution in [0.5, 0.6) is 0 Å². The van der Waals surface area contributed by atoms with Crippen molar-refractivity contribution in [3.05, 3.63) is 75.7 Å². The normalized spacial score (nSPS) is 23.2. The second-order valence-corrected chi connectivity index (χ2v) is 10.8. The highest BCUT2D eigenvalue weighted by molar-refractivity contribution is 14.2. The van der Waals surface area contributed by atoms with Crippen LogP contribution in [0.25, 0.3) is 11.3 Å². The van der Waals surface area contributed by atoms with E-state index in [4.69, 9.17) is 4.74 Å². The Hall–Kier alpha value is -2.44. The fourth-order valence-corrected chi connectivity index (χ4v) is 7.01. The van der Waals surface area contributed by atoms with Gasteiger partial charge >= 0.3 is 5.97 Å². The highest BCUT2D eigenvalue weighted by Crippen LogP contribution is 2.51. The van der Waals surface area contributed by atoms with Crippen LogP contribution in [-0.4, -0.2) is 21.7 Å². The van der Waals surface area contributed by atoms with Crippen LogP contribution in [0.3, 0.4) is 0 Å². The number of aromatic nitrogens is 2. The molecule has 10 heteroatoms. The zero-order chi connectivity index (χ0) is 24.9. The van der Waals surface area contributed by atoms with Crippen molar-refractivity contribution in [3.8, 4) is 17.3 Å². The molecule has 0 saturated heterocycles. The van der Waals surface area contributed by atoms with Crippen molar-refractivity contribution >= 4 is 34.4 Å². The van der Waals surface area contributed by atoms with E-state index >= 15 is 4.39 Å². The quantitative estimate of drug-likeness (QED) is 0.186. The maximum Gasteiger partial charge on any atom is 0.303 e. The van der Waals surface area contributed by atoms with Gasteiger partial charge in [-0.15, -0.1) is 0 Å². The van der Waals surface area contributed by atoms with Crippen LogP contribution in [0.15, 0.2) is 36.5 Å². The number of rotatable bonds is 4. The summed E-state index contributed by atoms with van der Waals surface area (Å²) in [6.45, 7) is 1.25. The molecule has 0 spiro atoms.